The van der Waals surface area contributed by atoms with Gasteiger partial charge in [-0.15, -0.1) is 0 Å². The standard InChI is InChI=1S/C13H26N2O2/c1-9-4-5-11(6-10(9)2)15-13(16)7-12(8-14)17-3/h9-12H,4-8,14H2,1-3H3,(H,15,16). The van der Waals surface area contributed by atoms with Gasteiger partial charge in [-0.1, -0.05) is 13.8 Å². The zero-order valence-corrected chi connectivity index (χ0v) is 11.2. The Morgan fingerprint density at radius 3 is 2.65 bits per heavy atom. The summed E-state index contributed by atoms with van der Waals surface area (Å²) in [6, 6.07) is 0.337. The van der Waals surface area contributed by atoms with E-state index in [4.69, 9.17) is 10.5 Å². The van der Waals surface area contributed by atoms with Gasteiger partial charge in [0.25, 0.3) is 0 Å². The SMILES string of the molecule is COC(CN)CC(=O)NC1CCC(C)C(C)C1. The van der Waals surface area contributed by atoms with Crippen molar-refractivity contribution in [1.29, 1.82) is 0 Å². The number of carbonyl (C=O) groups excluding carboxylic acids is 1. The summed E-state index contributed by atoms with van der Waals surface area (Å²) in [6.45, 7) is 4.95. The summed E-state index contributed by atoms with van der Waals surface area (Å²) in [5.41, 5.74) is 5.50. The zero-order valence-electron chi connectivity index (χ0n) is 11.2. The van der Waals surface area contributed by atoms with Gasteiger partial charge in [-0.3, -0.25) is 4.79 Å². The van der Waals surface area contributed by atoms with Crippen LogP contribution in [0.4, 0.5) is 0 Å². The lowest BCUT2D eigenvalue weighted by molar-refractivity contribution is -0.124. The highest BCUT2D eigenvalue weighted by atomic mass is 16.5. The normalized spacial score (nSPS) is 30.9. The summed E-state index contributed by atoms with van der Waals surface area (Å²) in [5.74, 6) is 1.54. The lowest BCUT2D eigenvalue weighted by atomic mass is 9.79. The first-order valence-electron chi connectivity index (χ1n) is 6.59. The van der Waals surface area contributed by atoms with Crippen LogP contribution in [0.15, 0.2) is 0 Å². The molecule has 4 atom stereocenters. The Bertz CT molecular complexity index is 242. The minimum absolute atomic E-state index is 0.0639. The largest absolute Gasteiger partial charge is 0.380 e. The Balaban J connectivity index is 2.31. The van der Waals surface area contributed by atoms with Crippen LogP contribution < -0.4 is 11.1 Å². The van der Waals surface area contributed by atoms with Gasteiger partial charge in [0.05, 0.1) is 12.5 Å². The molecule has 0 aliphatic heterocycles. The first kappa shape index (κ1) is 14.5. The summed E-state index contributed by atoms with van der Waals surface area (Å²) in [5, 5.41) is 3.09. The molecular weight excluding hydrogens is 216 g/mol. The van der Waals surface area contributed by atoms with E-state index in [1.165, 1.54) is 6.42 Å². The Morgan fingerprint density at radius 1 is 1.41 bits per heavy atom. The van der Waals surface area contributed by atoms with E-state index in [9.17, 15) is 4.79 Å². The Kier molecular flexibility index (Phi) is 5.92. The number of nitrogens with two attached hydrogens (primary N) is 1. The van der Waals surface area contributed by atoms with Crippen molar-refractivity contribution in [2.24, 2.45) is 17.6 Å². The van der Waals surface area contributed by atoms with Gasteiger partial charge in [-0.05, 0) is 31.1 Å². The average Bonchev–Trinajstić information content (AvgIpc) is 2.31. The molecule has 1 fully saturated rings. The van der Waals surface area contributed by atoms with Crippen LogP contribution >= 0.6 is 0 Å². The summed E-state index contributed by atoms with van der Waals surface area (Å²) in [6.07, 6.45) is 3.60. The third-order valence-corrected chi connectivity index (χ3v) is 3.97. The van der Waals surface area contributed by atoms with Crippen molar-refractivity contribution in [3.05, 3.63) is 0 Å². The van der Waals surface area contributed by atoms with Crippen molar-refractivity contribution < 1.29 is 9.53 Å². The third kappa shape index (κ3) is 4.64. The molecule has 0 aromatic rings. The minimum atomic E-state index is -0.157. The summed E-state index contributed by atoms with van der Waals surface area (Å²) < 4.78 is 5.11. The second-order valence-corrected chi connectivity index (χ2v) is 5.33. The van der Waals surface area contributed by atoms with Gasteiger partial charge in [-0.25, -0.2) is 0 Å². The van der Waals surface area contributed by atoms with Crippen molar-refractivity contribution in [2.45, 2.75) is 51.7 Å². The molecule has 0 radical (unpaired) electrons. The fourth-order valence-corrected chi connectivity index (χ4v) is 2.43. The lowest BCUT2D eigenvalue weighted by Crippen LogP contribution is -2.41. The summed E-state index contributed by atoms with van der Waals surface area (Å²) in [4.78, 5) is 11.8. The highest BCUT2D eigenvalue weighted by molar-refractivity contribution is 5.76. The minimum Gasteiger partial charge on any atom is -0.380 e. The second-order valence-electron chi connectivity index (χ2n) is 5.33. The van der Waals surface area contributed by atoms with Gasteiger partial charge in [-0.2, -0.15) is 0 Å². The van der Waals surface area contributed by atoms with Crippen molar-refractivity contribution in [3.8, 4) is 0 Å². The van der Waals surface area contributed by atoms with Crippen LogP contribution in [-0.2, 0) is 9.53 Å². The molecule has 1 rings (SSSR count). The molecule has 1 saturated carbocycles. The number of rotatable bonds is 5. The molecule has 1 aliphatic carbocycles. The number of amides is 1. The number of hydrogen-bond acceptors (Lipinski definition) is 3. The van der Waals surface area contributed by atoms with Crippen LogP contribution in [0.2, 0.25) is 0 Å². The van der Waals surface area contributed by atoms with Crippen molar-refractivity contribution in [3.63, 3.8) is 0 Å². The smallest absolute Gasteiger partial charge is 0.222 e. The van der Waals surface area contributed by atoms with Gasteiger partial charge in [0, 0.05) is 19.7 Å². The van der Waals surface area contributed by atoms with E-state index >= 15 is 0 Å². The number of ether oxygens (including phenoxy) is 1. The van der Waals surface area contributed by atoms with Gasteiger partial charge >= 0.3 is 0 Å². The lowest BCUT2D eigenvalue weighted by Gasteiger charge is -2.32. The molecule has 0 heterocycles. The Hall–Kier alpha value is -0.610. The summed E-state index contributed by atoms with van der Waals surface area (Å²) in [7, 11) is 1.59. The predicted molar refractivity (Wildman–Crippen MR) is 68.6 cm³/mol. The van der Waals surface area contributed by atoms with Gasteiger partial charge in [0.1, 0.15) is 0 Å². The number of carbonyl (C=O) groups is 1. The van der Waals surface area contributed by atoms with Gasteiger partial charge < -0.3 is 15.8 Å². The van der Waals surface area contributed by atoms with E-state index < -0.39 is 0 Å². The maximum Gasteiger partial charge on any atom is 0.222 e. The Morgan fingerprint density at radius 2 is 2.12 bits per heavy atom. The molecule has 4 heteroatoms. The molecule has 3 N–H and O–H groups in total. The van der Waals surface area contributed by atoms with E-state index in [1.807, 2.05) is 0 Å². The molecule has 4 nitrogen and oxygen atoms in total. The fraction of sp³-hybridized carbons (Fsp3) is 0.923. The number of nitrogens with one attached hydrogen (secondary N) is 1. The highest BCUT2D eigenvalue weighted by Crippen LogP contribution is 2.29. The molecule has 0 spiro atoms. The molecule has 1 aliphatic rings. The molecule has 100 valence electrons. The molecular formula is C13H26N2O2. The van der Waals surface area contributed by atoms with Crippen LogP contribution in [0, 0.1) is 11.8 Å². The third-order valence-electron chi connectivity index (χ3n) is 3.97. The average molecular weight is 242 g/mol. The van der Waals surface area contributed by atoms with Crippen molar-refractivity contribution >= 4 is 5.91 Å². The fourth-order valence-electron chi connectivity index (χ4n) is 2.43. The predicted octanol–water partition coefficient (Wildman–Crippen LogP) is 1.29. The number of methoxy groups -OCH3 is 1. The zero-order chi connectivity index (χ0) is 12.8. The van der Waals surface area contributed by atoms with Crippen LogP contribution in [-0.4, -0.2) is 31.7 Å². The molecule has 0 saturated heterocycles. The first-order chi connectivity index (χ1) is 8.06. The van der Waals surface area contributed by atoms with Gasteiger partial charge in [0.15, 0.2) is 0 Å². The number of hydrogen-bond donors (Lipinski definition) is 2. The van der Waals surface area contributed by atoms with E-state index in [0.717, 1.165) is 18.8 Å². The van der Waals surface area contributed by atoms with Crippen LogP contribution in [0.5, 0.6) is 0 Å². The molecule has 0 aromatic heterocycles. The van der Waals surface area contributed by atoms with E-state index in [2.05, 4.69) is 19.2 Å². The molecule has 17 heavy (non-hydrogen) atoms. The maximum absolute atomic E-state index is 11.8. The maximum atomic E-state index is 11.8. The molecule has 1 amide bonds. The van der Waals surface area contributed by atoms with E-state index in [0.29, 0.717) is 24.9 Å². The van der Waals surface area contributed by atoms with Crippen LogP contribution in [0.3, 0.4) is 0 Å². The van der Waals surface area contributed by atoms with E-state index in [-0.39, 0.29) is 12.0 Å². The second kappa shape index (κ2) is 6.97. The highest BCUT2D eigenvalue weighted by Gasteiger charge is 2.25. The van der Waals surface area contributed by atoms with Crippen LogP contribution in [0.25, 0.3) is 0 Å². The topological polar surface area (TPSA) is 64.3 Å². The quantitative estimate of drug-likeness (QED) is 0.763. The van der Waals surface area contributed by atoms with Crippen molar-refractivity contribution in [2.75, 3.05) is 13.7 Å². The monoisotopic (exact) mass is 242 g/mol. The first-order valence-corrected chi connectivity index (χ1v) is 6.59. The van der Waals surface area contributed by atoms with Crippen LogP contribution in [0.1, 0.15) is 39.5 Å². The van der Waals surface area contributed by atoms with Crippen molar-refractivity contribution in [1.82, 2.24) is 5.32 Å². The van der Waals surface area contributed by atoms with Gasteiger partial charge in [0.2, 0.25) is 5.91 Å². The van der Waals surface area contributed by atoms with E-state index in [1.54, 1.807) is 7.11 Å². The molecule has 0 aromatic carbocycles. The Labute approximate surface area is 104 Å². The molecule has 4 unspecified atom stereocenters. The molecule has 0 bridgehead atoms. The summed E-state index contributed by atoms with van der Waals surface area (Å²) >= 11 is 0.